The van der Waals surface area contributed by atoms with Gasteiger partial charge in [-0.25, -0.2) is 0 Å². The van der Waals surface area contributed by atoms with Crippen molar-refractivity contribution < 1.29 is 4.42 Å². The molecule has 1 aromatic heterocycles. The Balaban J connectivity index is 1.50. The van der Waals surface area contributed by atoms with E-state index < -0.39 is 0 Å². The standard InChI is InChI=1S/C30H20BNO/c31-23-12-16-25(17-13-23)32(24-14-10-22(11-15-24)21-6-2-1-3-7-21)26-18-19-30-28(20-26)27-8-4-5-9-29(27)33-30/h1-20H. The predicted octanol–water partition coefficient (Wildman–Crippen LogP) is 7.52. The second kappa shape index (κ2) is 8.03. The minimum absolute atomic E-state index is 0.745. The summed E-state index contributed by atoms with van der Waals surface area (Å²) in [5.74, 6) is 0. The van der Waals surface area contributed by atoms with Crippen molar-refractivity contribution >= 4 is 52.3 Å². The highest BCUT2D eigenvalue weighted by atomic mass is 16.3. The summed E-state index contributed by atoms with van der Waals surface area (Å²) in [6.07, 6.45) is 0. The molecule has 0 aliphatic rings. The molecule has 6 aromatic rings. The summed E-state index contributed by atoms with van der Waals surface area (Å²) in [4.78, 5) is 2.25. The zero-order valence-electron chi connectivity index (χ0n) is 18.0. The van der Waals surface area contributed by atoms with Gasteiger partial charge in [0.2, 0.25) is 0 Å². The molecule has 3 heteroatoms. The third-order valence-corrected chi connectivity index (χ3v) is 6.00. The van der Waals surface area contributed by atoms with Crippen molar-refractivity contribution in [3.8, 4) is 11.1 Å². The first-order valence-electron chi connectivity index (χ1n) is 11.0. The van der Waals surface area contributed by atoms with E-state index in [0.717, 1.165) is 44.5 Å². The van der Waals surface area contributed by atoms with Gasteiger partial charge >= 0.3 is 0 Å². The van der Waals surface area contributed by atoms with Crippen LogP contribution in [-0.4, -0.2) is 7.85 Å². The van der Waals surface area contributed by atoms with E-state index in [-0.39, 0.29) is 0 Å². The molecule has 154 valence electrons. The van der Waals surface area contributed by atoms with Gasteiger partial charge < -0.3 is 9.32 Å². The lowest BCUT2D eigenvalue weighted by Gasteiger charge is -2.26. The predicted molar refractivity (Wildman–Crippen MR) is 139 cm³/mol. The van der Waals surface area contributed by atoms with Gasteiger partial charge in [-0.1, -0.05) is 78.3 Å². The van der Waals surface area contributed by atoms with Crippen LogP contribution in [0.4, 0.5) is 17.1 Å². The highest BCUT2D eigenvalue weighted by Gasteiger charge is 2.15. The third kappa shape index (κ3) is 3.58. The number of rotatable bonds is 4. The van der Waals surface area contributed by atoms with Crippen LogP contribution in [0.5, 0.6) is 0 Å². The van der Waals surface area contributed by atoms with Gasteiger partial charge in [0.05, 0.1) is 0 Å². The maximum absolute atomic E-state index is 6.04. The minimum atomic E-state index is 0.745. The van der Waals surface area contributed by atoms with E-state index in [2.05, 4.69) is 83.8 Å². The summed E-state index contributed by atoms with van der Waals surface area (Å²) in [5, 5.41) is 2.22. The lowest BCUT2D eigenvalue weighted by molar-refractivity contribution is 0.669. The van der Waals surface area contributed by atoms with Gasteiger partial charge in [-0.15, -0.1) is 0 Å². The minimum Gasteiger partial charge on any atom is -0.456 e. The molecule has 0 N–H and O–H groups in total. The molecule has 2 radical (unpaired) electrons. The summed E-state index contributed by atoms with van der Waals surface area (Å²) in [6.45, 7) is 0. The van der Waals surface area contributed by atoms with Gasteiger partial charge in [0, 0.05) is 27.8 Å². The third-order valence-electron chi connectivity index (χ3n) is 6.00. The summed E-state index contributed by atoms with van der Waals surface area (Å²) >= 11 is 0. The number of benzene rings is 5. The van der Waals surface area contributed by atoms with Crippen LogP contribution in [0.15, 0.2) is 126 Å². The molecule has 0 saturated carbocycles. The normalized spacial score (nSPS) is 11.2. The zero-order valence-corrected chi connectivity index (χ0v) is 18.0. The lowest BCUT2D eigenvalue weighted by Crippen LogP contribution is -2.11. The van der Waals surface area contributed by atoms with Crippen LogP contribution in [0.2, 0.25) is 0 Å². The first-order chi connectivity index (χ1) is 16.3. The fraction of sp³-hybridized carbons (Fsp3) is 0. The van der Waals surface area contributed by atoms with Crippen LogP contribution in [0.3, 0.4) is 0 Å². The van der Waals surface area contributed by atoms with Crippen LogP contribution in [0.1, 0.15) is 0 Å². The first-order valence-corrected chi connectivity index (χ1v) is 11.0. The van der Waals surface area contributed by atoms with E-state index in [0.29, 0.717) is 0 Å². The van der Waals surface area contributed by atoms with Crippen LogP contribution in [-0.2, 0) is 0 Å². The number of hydrogen-bond donors (Lipinski definition) is 0. The molecule has 0 aliphatic carbocycles. The maximum Gasteiger partial charge on any atom is 0.135 e. The fourth-order valence-electron chi connectivity index (χ4n) is 4.36. The van der Waals surface area contributed by atoms with Crippen molar-refractivity contribution in [3.63, 3.8) is 0 Å². The Bertz CT molecular complexity index is 1550. The Kier molecular flexibility index (Phi) is 4.73. The van der Waals surface area contributed by atoms with Gasteiger partial charge in [-0.3, -0.25) is 0 Å². The summed E-state index contributed by atoms with van der Waals surface area (Å²) in [7, 11) is 5.98. The van der Waals surface area contributed by atoms with E-state index in [1.165, 1.54) is 11.1 Å². The number of furan rings is 1. The molecule has 0 atom stereocenters. The molecule has 0 fully saturated rings. The number of fused-ring (bicyclic) bond motifs is 3. The maximum atomic E-state index is 6.04. The molecule has 6 rings (SSSR count). The van der Waals surface area contributed by atoms with Crippen LogP contribution in [0.25, 0.3) is 33.1 Å². The van der Waals surface area contributed by atoms with Gasteiger partial charge in [-0.2, -0.15) is 0 Å². The Morgan fingerprint density at radius 3 is 1.82 bits per heavy atom. The molecule has 5 aromatic carbocycles. The molecule has 1 heterocycles. The molecule has 0 saturated heterocycles. The van der Waals surface area contributed by atoms with Crippen molar-refractivity contribution in [3.05, 3.63) is 121 Å². The fourth-order valence-corrected chi connectivity index (χ4v) is 4.36. The van der Waals surface area contributed by atoms with Crippen molar-refractivity contribution in [2.24, 2.45) is 0 Å². The Morgan fingerprint density at radius 1 is 0.485 bits per heavy atom. The van der Waals surface area contributed by atoms with E-state index in [9.17, 15) is 0 Å². The van der Waals surface area contributed by atoms with Crippen molar-refractivity contribution in [1.29, 1.82) is 0 Å². The molecule has 0 unspecified atom stereocenters. The van der Waals surface area contributed by atoms with E-state index >= 15 is 0 Å². The van der Waals surface area contributed by atoms with Crippen molar-refractivity contribution in [2.45, 2.75) is 0 Å². The Hall–Kier alpha value is -4.24. The van der Waals surface area contributed by atoms with Gasteiger partial charge in [0.25, 0.3) is 0 Å². The van der Waals surface area contributed by atoms with E-state index in [1.807, 2.05) is 42.5 Å². The van der Waals surface area contributed by atoms with Crippen molar-refractivity contribution in [1.82, 2.24) is 0 Å². The molecule has 0 bridgehead atoms. The summed E-state index contributed by atoms with van der Waals surface area (Å²) in [5.41, 5.74) is 8.10. The number of hydrogen-bond acceptors (Lipinski definition) is 2. The highest BCUT2D eigenvalue weighted by molar-refractivity contribution is 6.32. The molecule has 0 amide bonds. The molecular formula is C30H20BNO. The quantitative estimate of drug-likeness (QED) is 0.274. The second-order valence-corrected chi connectivity index (χ2v) is 8.12. The smallest absolute Gasteiger partial charge is 0.135 e. The SMILES string of the molecule is [B]c1ccc(N(c2ccc(-c3ccccc3)cc2)c2ccc3oc4ccccc4c3c2)cc1. The average molecular weight is 421 g/mol. The van der Waals surface area contributed by atoms with Gasteiger partial charge in [0.15, 0.2) is 0 Å². The molecule has 0 aliphatic heterocycles. The summed E-state index contributed by atoms with van der Waals surface area (Å²) in [6, 6.07) is 41.6. The monoisotopic (exact) mass is 421 g/mol. The lowest BCUT2D eigenvalue weighted by atomic mass is 9.96. The zero-order chi connectivity index (χ0) is 22.2. The first kappa shape index (κ1) is 19.5. The molecular weight excluding hydrogens is 401 g/mol. The molecule has 0 spiro atoms. The Labute approximate surface area is 194 Å². The van der Waals surface area contributed by atoms with Crippen LogP contribution >= 0.6 is 0 Å². The summed E-state index contributed by atoms with van der Waals surface area (Å²) < 4.78 is 6.04. The largest absolute Gasteiger partial charge is 0.456 e. The second-order valence-electron chi connectivity index (χ2n) is 8.12. The number of anilines is 3. The Morgan fingerprint density at radius 2 is 1.06 bits per heavy atom. The topological polar surface area (TPSA) is 16.4 Å². The number of nitrogens with zero attached hydrogens (tertiary/aromatic N) is 1. The van der Waals surface area contributed by atoms with E-state index in [1.54, 1.807) is 0 Å². The van der Waals surface area contributed by atoms with Crippen LogP contribution < -0.4 is 10.4 Å². The highest BCUT2D eigenvalue weighted by Crippen LogP contribution is 2.38. The average Bonchev–Trinajstić information content (AvgIpc) is 3.24. The van der Waals surface area contributed by atoms with Crippen LogP contribution in [0, 0.1) is 0 Å². The van der Waals surface area contributed by atoms with Crippen molar-refractivity contribution in [2.75, 3.05) is 4.90 Å². The number of para-hydroxylation sites is 1. The van der Waals surface area contributed by atoms with Gasteiger partial charge in [-0.05, 0) is 59.7 Å². The molecule has 2 nitrogen and oxygen atoms in total. The molecule has 33 heavy (non-hydrogen) atoms. The van der Waals surface area contributed by atoms with E-state index in [4.69, 9.17) is 12.3 Å². The van der Waals surface area contributed by atoms with Gasteiger partial charge in [0.1, 0.15) is 19.0 Å².